The molecule has 144 valence electrons. The van der Waals surface area contributed by atoms with Crippen LogP contribution in [0.4, 0.5) is 5.69 Å². The highest BCUT2D eigenvalue weighted by Crippen LogP contribution is 2.40. The van der Waals surface area contributed by atoms with Crippen LogP contribution in [-0.2, 0) is 11.3 Å². The maximum Gasteiger partial charge on any atom is 0.238 e. The summed E-state index contributed by atoms with van der Waals surface area (Å²) in [5, 5.41) is 8.05. The van der Waals surface area contributed by atoms with Crippen molar-refractivity contribution in [2.75, 3.05) is 38.0 Å². The molecular formula is C19H22Cl2N4O2. The molecule has 27 heavy (non-hydrogen) atoms. The summed E-state index contributed by atoms with van der Waals surface area (Å²) in [5.74, 6) is 1.56. The molecule has 0 unspecified atom stereocenters. The number of carbonyl (C=O) groups is 1. The van der Waals surface area contributed by atoms with Gasteiger partial charge in [-0.1, -0.05) is 28.4 Å². The second kappa shape index (κ2) is 8.19. The van der Waals surface area contributed by atoms with Gasteiger partial charge in [-0.2, -0.15) is 0 Å². The lowest BCUT2D eigenvalue weighted by Gasteiger charge is -2.33. The van der Waals surface area contributed by atoms with Crippen molar-refractivity contribution in [2.45, 2.75) is 25.3 Å². The summed E-state index contributed by atoms with van der Waals surface area (Å²) in [5.41, 5.74) is 1.62. The third kappa shape index (κ3) is 5.23. The summed E-state index contributed by atoms with van der Waals surface area (Å²) in [6.07, 6.45) is 2.44. The Morgan fingerprint density at radius 3 is 2.41 bits per heavy atom. The van der Waals surface area contributed by atoms with Crippen LogP contribution in [0.3, 0.4) is 0 Å². The number of rotatable bonds is 6. The van der Waals surface area contributed by atoms with Gasteiger partial charge in [0, 0.05) is 60.4 Å². The van der Waals surface area contributed by atoms with Crippen molar-refractivity contribution in [3.8, 4) is 0 Å². The first-order valence-electron chi connectivity index (χ1n) is 9.21. The summed E-state index contributed by atoms with van der Waals surface area (Å²) in [6.45, 7) is 4.66. The molecule has 2 fully saturated rings. The molecule has 2 aromatic rings. The number of hydrogen-bond donors (Lipinski definition) is 1. The van der Waals surface area contributed by atoms with E-state index in [0.717, 1.165) is 44.2 Å². The van der Waals surface area contributed by atoms with E-state index in [9.17, 15) is 4.79 Å². The summed E-state index contributed by atoms with van der Waals surface area (Å²) >= 11 is 11.9. The molecule has 8 heteroatoms. The maximum absolute atomic E-state index is 12.3. The van der Waals surface area contributed by atoms with Crippen LogP contribution in [-0.4, -0.2) is 53.6 Å². The highest BCUT2D eigenvalue weighted by molar-refractivity contribution is 6.35. The number of nitrogens with zero attached hydrogens (tertiary/aromatic N) is 3. The Morgan fingerprint density at radius 1 is 1.07 bits per heavy atom. The molecule has 2 aliphatic rings. The number of halogens is 2. The van der Waals surface area contributed by atoms with Crippen molar-refractivity contribution in [2.24, 2.45) is 0 Å². The predicted molar refractivity (Wildman–Crippen MR) is 105 cm³/mol. The second-order valence-corrected chi connectivity index (χ2v) is 8.13. The molecule has 1 saturated heterocycles. The lowest BCUT2D eigenvalue weighted by atomic mass is 10.2. The minimum atomic E-state index is -0.0626. The number of nitrogens with one attached hydrogen (secondary N) is 1. The first-order chi connectivity index (χ1) is 13.0. The van der Waals surface area contributed by atoms with Gasteiger partial charge in [0.25, 0.3) is 0 Å². The molecule has 1 amide bonds. The lowest BCUT2D eigenvalue weighted by molar-refractivity contribution is -0.117. The van der Waals surface area contributed by atoms with Gasteiger partial charge in [-0.3, -0.25) is 14.6 Å². The van der Waals surface area contributed by atoms with Crippen molar-refractivity contribution < 1.29 is 9.32 Å². The third-order valence-electron chi connectivity index (χ3n) is 4.92. The Morgan fingerprint density at radius 2 is 1.74 bits per heavy atom. The number of carbonyl (C=O) groups excluding carboxylic acids is 1. The molecule has 0 radical (unpaired) electrons. The van der Waals surface area contributed by atoms with Gasteiger partial charge in [0.2, 0.25) is 5.91 Å². The lowest BCUT2D eigenvalue weighted by Crippen LogP contribution is -2.48. The molecular weight excluding hydrogens is 387 g/mol. The van der Waals surface area contributed by atoms with Crippen LogP contribution in [0.5, 0.6) is 0 Å². The topological polar surface area (TPSA) is 61.6 Å². The highest BCUT2D eigenvalue weighted by Gasteiger charge is 2.28. The zero-order chi connectivity index (χ0) is 18.8. The Hall–Kier alpha value is -1.60. The standard InChI is InChI=1S/C19H22Cl2N4O2/c20-14-7-15(21)9-16(8-14)22-19(26)12-25-5-3-24(4-6-25)11-17-10-18(27-23-17)13-1-2-13/h7-10,13H,1-6,11-12H2,(H,22,26). The number of anilines is 1. The van der Waals surface area contributed by atoms with Crippen LogP contribution in [0, 0.1) is 0 Å². The predicted octanol–water partition coefficient (Wildman–Crippen LogP) is 3.62. The van der Waals surface area contributed by atoms with Crippen LogP contribution < -0.4 is 5.32 Å². The minimum absolute atomic E-state index is 0.0626. The van der Waals surface area contributed by atoms with E-state index in [1.165, 1.54) is 12.8 Å². The fourth-order valence-electron chi connectivity index (χ4n) is 3.33. The van der Waals surface area contributed by atoms with Crippen molar-refractivity contribution in [3.63, 3.8) is 0 Å². The van der Waals surface area contributed by atoms with Crippen molar-refractivity contribution in [3.05, 3.63) is 45.8 Å². The molecule has 1 aromatic carbocycles. The van der Waals surface area contributed by atoms with E-state index in [4.69, 9.17) is 27.7 Å². The van der Waals surface area contributed by atoms with Gasteiger partial charge in [-0.05, 0) is 31.0 Å². The Balaban J connectivity index is 1.22. The van der Waals surface area contributed by atoms with Gasteiger partial charge in [0.05, 0.1) is 12.2 Å². The average molecular weight is 409 g/mol. The molecule has 1 N–H and O–H groups in total. The highest BCUT2D eigenvalue weighted by atomic mass is 35.5. The summed E-state index contributed by atoms with van der Waals surface area (Å²) in [6, 6.07) is 7.11. The first kappa shape index (κ1) is 18.7. The maximum atomic E-state index is 12.3. The van der Waals surface area contributed by atoms with E-state index in [2.05, 4.69) is 26.3 Å². The van der Waals surface area contributed by atoms with Gasteiger partial charge >= 0.3 is 0 Å². The molecule has 4 rings (SSSR count). The number of aromatic nitrogens is 1. The van der Waals surface area contributed by atoms with E-state index < -0.39 is 0 Å². The van der Waals surface area contributed by atoms with Gasteiger partial charge in [-0.25, -0.2) is 0 Å². The van der Waals surface area contributed by atoms with E-state index in [1.807, 2.05) is 0 Å². The zero-order valence-electron chi connectivity index (χ0n) is 15.0. The smallest absolute Gasteiger partial charge is 0.238 e. The van der Waals surface area contributed by atoms with Crippen molar-refractivity contribution >= 4 is 34.8 Å². The molecule has 1 aliphatic carbocycles. The average Bonchev–Trinajstić information content (AvgIpc) is 3.35. The molecule has 0 bridgehead atoms. The summed E-state index contributed by atoms with van der Waals surface area (Å²) < 4.78 is 5.42. The van der Waals surface area contributed by atoms with Gasteiger partial charge < -0.3 is 9.84 Å². The van der Waals surface area contributed by atoms with E-state index in [-0.39, 0.29) is 5.91 Å². The molecule has 2 heterocycles. The molecule has 6 nitrogen and oxygen atoms in total. The first-order valence-corrected chi connectivity index (χ1v) is 9.97. The quantitative estimate of drug-likeness (QED) is 0.790. The van der Waals surface area contributed by atoms with Gasteiger partial charge in [-0.15, -0.1) is 0 Å². The molecule has 1 saturated carbocycles. The van der Waals surface area contributed by atoms with E-state index >= 15 is 0 Å². The zero-order valence-corrected chi connectivity index (χ0v) is 16.5. The summed E-state index contributed by atoms with van der Waals surface area (Å²) in [7, 11) is 0. The van der Waals surface area contributed by atoms with Gasteiger partial charge in [0.15, 0.2) is 0 Å². The number of amides is 1. The molecule has 0 spiro atoms. The van der Waals surface area contributed by atoms with E-state index in [0.29, 0.717) is 28.2 Å². The van der Waals surface area contributed by atoms with Crippen molar-refractivity contribution in [1.29, 1.82) is 0 Å². The number of benzene rings is 1. The van der Waals surface area contributed by atoms with Crippen LogP contribution >= 0.6 is 23.2 Å². The Kier molecular flexibility index (Phi) is 5.68. The normalized spacial score (nSPS) is 18.6. The molecule has 0 atom stereocenters. The SMILES string of the molecule is O=C(CN1CCN(Cc2cc(C3CC3)on2)CC1)Nc1cc(Cl)cc(Cl)c1. The monoisotopic (exact) mass is 408 g/mol. The van der Waals surface area contributed by atoms with Gasteiger partial charge in [0.1, 0.15) is 5.76 Å². The third-order valence-corrected chi connectivity index (χ3v) is 5.36. The van der Waals surface area contributed by atoms with Crippen LogP contribution in [0.1, 0.15) is 30.2 Å². The molecule has 1 aliphatic heterocycles. The van der Waals surface area contributed by atoms with Crippen molar-refractivity contribution in [1.82, 2.24) is 15.0 Å². The summed E-state index contributed by atoms with van der Waals surface area (Å²) in [4.78, 5) is 16.8. The fourth-order valence-corrected chi connectivity index (χ4v) is 3.85. The van der Waals surface area contributed by atoms with Crippen LogP contribution in [0.2, 0.25) is 10.0 Å². The Bertz CT molecular complexity index is 794. The largest absolute Gasteiger partial charge is 0.361 e. The van der Waals surface area contributed by atoms with Crippen LogP contribution in [0.15, 0.2) is 28.8 Å². The minimum Gasteiger partial charge on any atom is -0.361 e. The fraction of sp³-hybridized carbons (Fsp3) is 0.474. The number of piperazine rings is 1. The molecule has 1 aromatic heterocycles. The number of hydrogen-bond acceptors (Lipinski definition) is 5. The van der Waals surface area contributed by atoms with E-state index in [1.54, 1.807) is 18.2 Å². The Labute approximate surface area is 168 Å². The second-order valence-electron chi connectivity index (χ2n) is 7.25. The van der Waals surface area contributed by atoms with Crippen LogP contribution in [0.25, 0.3) is 0 Å².